The van der Waals surface area contributed by atoms with Crippen LogP contribution in [0.3, 0.4) is 0 Å². The van der Waals surface area contributed by atoms with Gasteiger partial charge in [0.15, 0.2) is 0 Å². The normalized spacial score (nSPS) is 16.3. The summed E-state index contributed by atoms with van der Waals surface area (Å²) in [6.07, 6.45) is 4.70. The SMILES string of the molecule is CO[C@@H]1CCN(c2ccc(-n3ccc(OCc4ccccc4)cc3=O)cn2)C1. The van der Waals surface area contributed by atoms with E-state index in [4.69, 9.17) is 9.47 Å². The molecule has 0 amide bonds. The van der Waals surface area contributed by atoms with Crippen LogP contribution in [0.5, 0.6) is 5.75 Å². The number of ether oxygens (including phenoxy) is 2. The zero-order valence-corrected chi connectivity index (χ0v) is 15.8. The molecular weight excluding hydrogens is 354 g/mol. The van der Waals surface area contributed by atoms with E-state index in [2.05, 4.69) is 9.88 Å². The smallest absolute Gasteiger partial charge is 0.258 e. The zero-order valence-electron chi connectivity index (χ0n) is 15.8. The van der Waals surface area contributed by atoms with E-state index in [1.54, 1.807) is 30.1 Å². The molecule has 4 rings (SSSR count). The molecule has 0 aliphatic carbocycles. The Bertz CT molecular complexity index is 970. The zero-order chi connectivity index (χ0) is 19.3. The summed E-state index contributed by atoms with van der Waals surface area (Å²) in [4.78, 5) is 19.2. The Kier molecular flexibility index (Phi) is 5.39. The van der Waals surface area contributed by atoms with Crippen molar-refractivity contribution >= 4 is 5.82 Å². The van der Waals surface area contributed by atoms with Crippen LogP contribution >= 0.6 is 0 Å². The fourth-order valence-electron chi connectivity index (χ4n) is 3.34. The molecule has 0 saturated carbocycles. The van der Waals surface area contributed by atoms with Crippen molar-refractivity contribution < 1.29 is 9.47 Å². The minimum atomic E-state index is -0.152. The first-order chi connectivity index (χ1) is 13.7. The van der Waals surface area contributed by atoms with E-state index in [0.717, 1.165) is 36.6 Å². The van der Waals surface area contributed by atoms with E-state index in [9.17, 15) is 4.79 Å². The Balaban J connectivity index is 1.45. The molecule has 1 atom stereocenters. The third kappa shape index (κ3) is 4.07. The van der Waals surface area contributed by atoms with Gasteiger partial charge in [-0.15, -0.1) is 0 Å². The highest BCUT2D eigenvalue weighted by Crippen LogP contribution is 2.20. The van der Waals surface area contributed by atoms with Crippen molar-refractivity contribution in [2.24, 2.45) is 0 Å². The summed E-state index contributed by atoms with van der Waals surface area (Å²) in [5.41, 5.74) is 1.63. The minimum Gasteiger partial charge on any atom is -0.489 e. The summed E-state index contributed by atoms with van der Waals surface area (Å²) < 4.78 is 12.7. The van der Waals surface area contributed by atoms with Gasteiger partial charge in [0.25, 0.3) is 5.56 Å². The molecule has 1 fully saturated rings. The first-order valence-electron chi connectivity index (χ1n) is 9.36. The largest absolute Gasteiger partial charge is 0.489 e. The van der Waals surface area contributed by atoms with Gasteiger partial charge in [-0.1, -0.05) is 30.3 Å². The van der Waals surface area contributed by atoms with Gasteiger partial charge >= 0.3 is 0 Å². The number of rotatable bonds is 6. The monoisotopic (exact) mass is 377 g/mol. The first-order valence-corrected chi connectivity index (χ1v) is 9.36. The number of anilines is 1. The first kappa shape index (κ1) is 18.3. The number of methoxy groups -OCH3 is 1. The lowest BCUT2D eigenvalue weighted by Gasteiger charge is -2.17. The highest BCUT2D eigenvalue weighted by Gasteiger charge is 2.22. The molecular formula is C22H23N3O3. The van der Waals surface area contributed by atoms with E-state index in [0.29, 0.717) is 12.4 Å². The molecule has 3 heterocycles. The molecule has 144 valence electrons. The highest BCUT2D eigenvalue weighted by molar-refractivity contribution is 5.44. The van der Waals surface area contributed by atoms with E-state index in [1.807, 2.05) is 42.5 Å². The summed E-state index contributed by atoms with van der Waals surface area (Å²) in [7, 11) is 1.74. The molecule has 0 N–H and O–H groups in total. The lowest BCUT2D eigenvalue weighted by molar-refractivity contribution is 0.121. The Hall–Kier alpha value is -3.12. The number of pyridine rings is 2. The number of hydrogen-bond acceptors (Lipinski definition) is 5. The lowest BCUT2D eigenvalue weighted by atomic mass is 10.2. The second kappa shape index (κ2) is 8.27. The van der Waals surface area contributed by atoms with Gasteiger partial charge in [-0.25, -0.2) is 4.98 Å². The number of benzene rings is 1. The van der Waals surface area contributed by atoms with Crippen LogP contribution in [0.2, 0.25) is 0 Å². The standard InChI is InChI=1S/C22H23N3O3/c1-27-20-9-11-24(15-20)21-8-7-18(14-23-21)25-12-10-19(13-22(25)26)28-16-17-5-3-2-4-6-17/h2-8,10,12-14,20H,9,11,15-16H2,1H3/t20-/m1/s1. The second-order valence-corrected chi connectivity index (χ2v) is 6.81. The maximum Gasteiger partial charge on any atom is 0.258 e. The molecule has 28 heavy (non-hydrogen) atoms. The van der Waals surface area contributed by atoms with E-state index in [1.165, 1.54) is 6.07 Å². The van der Waals surface area contributed by atoms with Gasteiger partial charge in [-0.2, -0.15) is 0 Å². The maximum atomic E-state index is 12.5. The molecule has 1 saturated heterocycles. The van der Waals surface area contributed by atoms with Crippen LogP contribution in [0.4, 0.5) is 5.82 Å². The molecule has 6 nitrogen and oxygen atoms in total. The molecule has 1 aliphatic rings. The Morgan fingerprint density at radius 3 is 2.68 bits per heavy atom. The van der Waals surface area contributed by atoms with Gasteiger partial charge in [0.2, 0.25) is 0 Å². The van der Waals surface area contributed by atoms with Crippen molar-refractivity contribution in [2.45, 2.75) is 19.1 Å². The van der Waals surface area contributed by atoms with E-state index < -0.39 is 0 Å². The van der Waals surface area contributed by atoms with Crippen molar-refractivity contribution in [1.29, 1.82) is 0 Å². The fraction of sp³-hybridized carbons (Fsp3) is 0.273. The van der Waals surface area contributed by atoms with E-state index >= 15 is 0 Å². The minimum absolute atomic E-state index is 0.152. The number of hydrogen-bond donors (Lipinski definition) is 0. The Morgan fingerprint density at radius 1 is 1.14 bits per heavy atom. The fourth-order valence-corrected chi connectivity index (χ4v) is 3.34. The van der Waals surface area contributed by atoms with Crippen LogP contribution in [0.1, 0.15) is 12.0 Å². The average molecular weight is 377 g/mol. The van der Waals surface area contributed by atoms with Crippen LogP contribution in [-0.4, -0.2) is 35.9 Å². The lowest BCUT2D eigenvalue weighted by Crippen LogP contribution is -2.23. The molecule has 0 bridgehead atoms. The van der Waals surface area contributed by atoms with Crippen LogP contribution in [0.15, 0.2) is 71.8 Å². The molecule has 3 aromatic rings. The van der Waals surface area contributed by atoms with Gasteiger partial charge in [0, 0.05) is 32.5 Å². The van der Waals surface area contributed by atoms with Gasteiger partial charge < -0.3 is 14.4 Å². The third-order valence-corrected chi connectivity index (χ3v) is 4.95. The molecule has 0 spiro atoms. The summed E-state index contributed by atoms with van der Waals surface area (Å²) in [5, 5.41) is 0. The average Bonchev–Trinajstić information content (AvgIpc) is 3.23. The van der Waals surface area contributed by atoms with Crippen LogP contribution in [0, 0.1) is 0 Å². The van der Waals surface area contributed by atoms with Crippen molar-refractivity contribution in [2.75, 3.05) is 25.1 Å². The molecule has 2 aromatic heterocycles. The second-order valence-electron chi connectivity index (χ2n) is 6.81. The van der Waals surface area contributed by atoms with Gasteiger partial charge in [-0.3, -0.25) is 9.36 Å². The number of nitrogens with zero attached hydrogens (tertiary/aromatic N) is 3. The van der Waals surface area contributed by atoms with E-state index in [-0.39, 0.29) is 11.7 Å². The summed E-state index contributed by atoms with van der Waals surface area (Å²) in [6.45, 7) is 2.20. The highest BCUT2D eigenvalue weighted by atomic mass is 16.5. The van der Waals surface area contributed by atoms with Gasteiger partial charge in [0.1, 0.15) is 18.2 Å². The predicted molar refractivity (Wildman–Crippen MR) is 108 cm³/mol. The summed E-state index contributed by atoms with van der Waals surface area (Å²) in [6, 6.07) is 17.0. The summed E-state index contributed by atoms with van der Waals surface area (Å²) >= 11 is 0. The molecule has 0 unspecified atom stereocenters. The van der Waals surface area contributed by atoms with Crippen LogP contribution in [0.25, 0.3) is 5.69 Å². The molecule has 1 aromatic carbocycles. The van der Waals surface area contributed by atoms with Gasteiger partial charge in [0.05, 0.1) is 18.0 Å². The molecule has 6 heteroatoms. The number of aromatic nitrogens is 2. The maximum absolute atomic E-state index is 12.5. The van der Waals surface area contributed by atoms with Crippen molar-refractivity contribution in [3.8, 4) is 11.4 Å². The van der Waals surface area contributed by atoms with Crippen LogP contribution < -0.4 is 15.2 Å². The van der Waals surface area contributed by atoms with Gasteiger partial charge in [-0.05, 0) is 30.2 Å². The summed E-state index contributed by atoms with van der Waals surface area (Å²) in [5.74, 6) is 1.46. The third-order valence-electron chi connectivity index (χ3n) is 4.95. The van der Waals surface area contributed by atoms with Crippen molar-refractivity contribution in [3.63, 3.8) is 0 Å². The Morgan fingerprint density at radius 2 is 2.00 bits per heavy atom. The van der Waals surface area contributed by atoms with Crippen LogP contribution in [-0.2, 0) is 11.3 Å². The van der Waals surface area contributed by atoms with Crippen molar-refractivity contribution in [1.82, 2.24) is 9.55 Å². The topological polar surface area (TPSA) is 56.6 Å². The Labute approximate surface area is 164 Å². The quantitative estimate of drug-likeness (QED) is 0.661. The van der Waals surface area contributed by atoms with Crippen molar-refractivity contribution in [3.05, 3.63) is 82.9 Å². The molecule has 1 aliphatic heterocycles. The molecule has 0 radical (unpaired) electrons. The predicted octanol–water partition coefficient (Wildman–Crippen LogP) is 3.04.